The third-order valence-electron chi connectivity index (χ3n) is 7.49. The van der Waals surface area contributed by atoms with E-state index in [0.717, 1.165) is 11.1 Å². The van der Waals surface area contributed by atoms with Gasteiger partial charge >= 0.3 is 18.2 Å². The summed E-state index contributed by atoms with van der Waals surface area (Å²) in [7, 11) is 1.30. The van der Waals surface area contributed by atoms with Crippen LogP contribution >= 0.6 is 0 Å². The summed E-state index contributed by atoms with van der Waals surface area (Å²) in [6, 6.07) is 30.3. The molecular formula is C40H45N3O8. The number of ether oxygens (including phenoxy) is 4. The predicted molar refractivity (Wildman–Crippen MR) is 194 cm³/mol. The molecule has 0 aliphatic carbocycles. The quantitative estimate of drug-likeness (QED) is 0.0655. The van der Waals surface area contributed by atoms with Gasteiger partial charge in [0, 0.05) is 12.2 Å². The van der Waals surface area contributed by atoms with Gasteiger partial charge in [-0.05, 0) is 92.6 Å². The molecule has 0 saturated carbocycles. The first-order valence-corrected chi connectivity index (χ1v) is 16.7. The van der Waals surface area contributed by atoms with Crippen molar-refractivity contribution in [2.24, 2.45) is 0 Å². The number of amides is 3. The van der Waals surface area contributed by atoms with E-state index >= 15 is 0 Å². The van der Waals surface area contributed by atoms with Gasteiger partial charge in [0.15, 0.2) is 0 Å². The van der Waals surface area contributed by atoms with Crippen LogP contribution in [0.3, 0.4) is 0 Å². The van der Waals surface area contributed by atoms with Crippen LogP contribution in [0.2, 0.25) is 0 Å². The van der Waals surface area contributed by atoms with Crippen molar-refractivity contribution in [1.29, 1.82) is 0 Å². The molecule has 4 aromatic rings. The molecule has 0 aliphatic heterocycles. The number of benzene rings is 4. The Morgan fingerprint density at radius 2 is 1.43 bits per heavy atom. The Hall–Kier alpha value is -5.84. The van der Waals surface area contributed by atoms with Gasteiger partial charge in [0.1, 0.15) is 30.6 Å². The van der Waals surface area contributed by atoms with Crippen LogP contribution in [0.15, 0.2) is 103 Å². The van der Waals surface area contributed by atoms with Crippen molar-refractivity contribution < 1.29 is 38.1 Å². The highest BCUT2D eigenvalue weighted by Gasteiger charge is 2.25. The second-order valence-corrected chi connectivity index (χ2v) is 12.7. The molecule has 1 atom stereocenters. The standard InChI is InChI=1S/C40H45N3O8/c1-40(2,3)51-39(47)43-35(20-11-12-23-41-38(46)50-27-29-16-9-6-10-17-29)36(44)42-31-21-22-33(37(45)48-4)34(25-31)30-18-13-19-32(24-30)49-26-28-14-7-5-8-15-28/h5-10,13-19,21-22,24-25,35H,11-12,20,23,26-27H2,1-4H3,(H,41,46)(H,42,44)(H,43,47)/t35-/m0/s1. The molecule has 268 valence electrons. The molecule has 51 heavy (non-hydrogen) atoms. The van der Waals surface area contributed by atoms with Crippen LogP contribution < -0.4 is 20.7 Å². The molecule has 3 N–H and O–H groups in total. The summed E-state index contributed by atoms with van der Waals surface area (Å²) < 4.78 is 21.7. The van der Waals surface area contributed by atoms with E-state index in [1.807, 2.05) is 84.9 Å². The van der Waals surface area contributed by atoms with E-state index in [4.69, 9.17) is 18.9 Å². The van der Waals surface area contributed by atoms with E-state index in [1.54, 1.807) is 39.0 Å². The number of esters is 1. The predicted octanol–water partition coefficient (Wildman–Crippen LogP) is 7.65. The highest BCUT2D eigenvalue weighted by Crippen LogP contribution is 2.31. The SMILES string of the molecule is COC(=O)c1ccc(NC(=O)[C@H](CCCCNC(=O)OCc2ccccc2)NC(=O)OC(C)(C)C)cc1-c1cccc(OCc2ccccc2)c1. The summed E-state index contributed by atoms with van der Waals surface area (Å²) in [6.07, 6.45) is 0.00859. The minimum atomic E-state index is -0.955. The van der Waals surface area contributed by atoms with Crippen LogP contribution in [0.5, 0.6) is 5.75 Å². The van der Waals surface area contributed by atoms with Gasteiger partial charge in [-0.15, -0.1) is 0 Å². The average Bonchev–Trinajstić information content (AvgIpc) is 3.12. The number of rotatable bonds is 15. The van der Waals surface area contributed by atoms with Crippen LogP contribution in [-0.4, -0.2) is 49.4 Å². The lowest BCUT2D eigenvalue weighted by molar-refractivity contribution is -0.118. The zero-order valence-electron chi connectivity index (χ0n) is 29.4. The molecule has 0 aromatic heterocycles. The van der Waals surface area contributed by atoms with Gasteiger partial charge in [0.05, 0.1) is 12.7 Å². The van der Waals surface area contributed by atoms with Crippen LogP contribution in [-0.2, 0) is 32.2 Å². The maximum atomic E-state index is 13.6. The Balaban J connectivity index is 1.43. The lowest BCUT2D eigenvalue weighted by Crippen LogP contribution is -2.45. The van der Waals surface area contributed by atoms with E-state index < -0.39 is 35.7 Å². The molecule has 0 spiro atoms. The summed E-state index contributed by atoms with van der Waals surface area (Å²) in [4.78, 5) is 51.2. The van der Waals surface area contributed by atoms with Crippen LogP contribution in [0.1, 0.15) is 61.5 Å². The number of alkyl carbamates (subject to hydrolysis) is 2. The number of hydrogen-bond donors (Lipinski definition) is 3. The van der Waals surface area contributed by atoms with Crippen LogP contribution in [0.4, 0.5) is 15.3 Å². The van der Waals surface area contributed by atoms with Gasteiger partial charge < -0.3 is 34.9 Å². The van der Waals surface area contributed by atoms with Crippen molar-refractivity contribution in [1.82, 2.24) is 10.6 Å². The first-order chi connectivity index (χ1) is 24.5. The molecular weight excluding hydrogens is 650 g/mol. The second kappa shape index (κ2) is 18.8. The van der Waals surface area contributed by atoms with Crippen molar-refractivity contribution in [2.45, 2.75) is 64.9 Å². The molecule has 11 nitrogen and oxygen atoms in total. The Morgan fingerprint density at radius 3 is 2.10 bits per heavy atom. The highest BCUT2D eigenvalue weighted by atomic mass is 16.6. The van der Waals surface area contributed by atoms with Crippen molar-refractivity contribution in [2.75, 3.05) is 19.0 Å². The van der Waals surface area contributed by atoms with E-state index in [2.05, 4.69) is 16.0 Å². The Bertz CT molecular complexity index is 1760. The van der Waals surface area contributed by atoms with Crippen molar-refractivity contribution >= 4 is 29.8 Å². The summed E-state index contributed by atoms with van der Waals surface area (Å²) >= 11 is 0. The largest absolute Gasteiger partial charge is 0.489 e. The third kappa shape index (κ3) is 12.8. The fourth-order valence-electron chi connectivity index (χ4n) is 5.03. The van der Waals surface area contributed by atoms with E-state index in [9.17, 15) is 19.2 Å². The summed E-state index contributed by atoms with van der Waals surface area (Å²) in [6.45, 7) is 6.04. The summed E-state index contributed by atoms with van der Waals surface area (Å²) in [5.41, 5.74) is 3.01. The number of hydrogen-bond acceptors (Lipinski definition) is 8. The van der Waals surface area contributed by atoms with Gasteiger partial charge in [-0.3, -0.25) is 4.79 Å². The van der Waals surface area contributed by atoms with Crippen molar-refractivity contribution in [3.63, 3.8) is 0 Å². The third-order valence-corrected chi connectivity index (χ3v) is 7.49. The Morgan fingerprint density at radius 1 is 0.745 bits per heavy atom. The maximum Gasteiger partial charge on any atom is 0.408 e. The molecule has 4 aromatic carbocycles. The Labute approximate surface area is 298 Å². The lowest BCUT2D eigenvalue weighted by atomic mass is 9.98. The number of nitrogens with one attached hydrogen (secondary N) is 3. The van der Waals surface area contributed by atoms with E-state index in [-0.39, 0.29) is 13.0 Å². The first kappa shape index (κ1) is 38.0. The first-order valence-electron chi connectivity index (χ1n) is 16.7. The average molecular weight is 696 g/mol. The van der Waals surface area contributed by atoms with Crippen LogP contribution in [0, 0.1) is 0 Å². The van der Waals surface area contributed by atoms with Gasteiger partial charge in [-0.25, -0.2) is 14.4 Å². The monoisotopic (exact) mass is 695 g/mol. The van der Waals surface area contributed by atoms with Gasteiger partial charge in [0.25, 0.3) is 0 Å². The number of anilines is 1. The van der Waals surface area contributed by atoms with Crippen LogP contribution in [0.25, 0.3) is 11.1 Å². The van der Waals surface area contributed by atoms with E-state index in [1.165, 1.54) is 7.11 Å². The van der Waals surface area contributed by atoms with Gasteiger partial charge in [0.2, 0.25) is 5.91 Å². The molecule has 0 unspecified atom stereocenters. The van der Waals surface area contributed by atoms with Crippen molar-refractivity contribution in [3.8, 4) is 16.9 Å². The fourth-order valence-corrected chi connectivity index (χ4v) is 5.03. The number of unbranched alkanes of at least 4 members (excludes halogenated alkanes) is 1. The molecule has 0 fully saturated rings. The van der Waals surface area contributed by atoms with Gasteiger partial charge in [-0.2, -0.15) is 0 Å². The molecule has 0 heterocycles. The molecule has 3 amide bonds. The molecule has 4 rings (SSSR count). The summed E-state index contributed by atoms with van der Waals surface area (Å²) in [5.74, 6) is -0.421. The molecule has 0 bridgehead atoms. The zero-order chi connectivity index (χ0) is 36.6. The Kier molecular flexibility index (Phi) is 14.0. The number of carbonyl (C=O) groups excluding carboxylic acids is 4. The fraction of sp³-hybridized carbons (Fsp3) is 0.300. The normalized spacial score (nSPS) is 11.5. The minimum Gasteiger partial charge on any atom is -0.489 e. The molecule has 0 radical (unpaired) electrons. The maximum absolute atomic E-state index is 13.6. The zero-order valence-corrected chi connectivity index (χ0v) is 29.4. The highest BCUT2D eigenvalue weighted by molar-refractivity contribution is 6.01. The molecule has 11 heteroatoms. The van der Waals surface area contributed by atoms with E-state index in [0.29, 0.717) is 54.1 Å². The second-order valence-electron chi connectivity index (χ2n) is 12.7. The van der Waals surface area contributed by atoms with Gasteiger partial charge in [-0.1, -0.05) is 72.8 Å². The smallest absolute Gasteiger partial charge is 0.408 e. The topological polar surface area (TPSA) is 141 Å². The van der Waals surface area contributed by atoms with Crippen molar-refractivity contribution in [3.05, 3.63) is 120 Å². The summed E-state index contributed by atoms with van der Waals surface area (Å²) in [5, 5.41) is 8.26. The number of methoxy groups -OCH3 is 1. The molecule has 0 aliphatic rings. The molecule has 0 saturated heterocycles. The number of carbonyl (C=O) groups is 4. The lowest BCUT2D eigenvalue weighted by Gasteiger charge is -2.23. The minimum absolute atomic E-state index is 0.157.